The Balaban J connectivity index is 0.00000121. The van der Waals surface area contributed by atoms with Crippen molar-refractivity contribution in [2.24, 2.45) is 0 Å². The molecule has 0 saturated carbocycles. The van der Waals surface area contributed by atoms with Crippen molar-refractivity contribution in [3.63, 3.8) is 0 Å². The van der Waals surface area contributed by atoms with Gasteiger partial charge in [0, 0.05) is 5.02 Å². The van der Waals surface area contributed by atoms with E-state index in [0.29, 0.717) is 0 Å². The molecule has 1 aromatic carbocycles. The van der Waals surface area contributed by atoms with E-state index in [4.69, 9.17) is 11.6 Å². The summed E-state index contributed by atoms with van der Waals surface area (Å²) < 4.78 is 0. The molecule has 68 valence electrons. The van der Waals surface area contributed by atoms with Gasteiger partial charge in [-0.3, -0.25) is 0 Å². The molecule has 0 aromatic heterocycles. The Morgan fingerprint density at radius 2 is 2.17 bits per heavy atom. The summed E-state index contributed by atoms with van der Waals surface area (Å²) in [4.78, 5) is 0. The molecule has 3 heteroatoms. The molecule has 0 unspecified atom stereocenters. The van der Waals surface area contributed by atoms with Crippen LogP contribution in [0.5, 0.6) is 0 Å². The Morgan fingerprint density at radius 3 is 2.75 bits per heavy atom. The van der Waals surface area contributed by atoms with Gasteiger partial charge in [-0.25, -0.2) is 0 Å². The fraction of sp³-hybridized carbons (Fsp3) is 0.333. The van der Waals surface area contributed by atoms with Crippen LogP contribution in [0.3, 0.4) is 0 Å². The van der Waals surface area contributed by atoms with E-state index in [1.165, 1.54) is 5.56 Å². The predicted molar refractivity (Wildman–Crippen MR) is 56.3 cm³/mol. The van der Waals surface area contributed by atoms with Crippen LogP contribution in [0.2, 0.25) is 5.02 Å². The summed E-state index contributed by atoms with van der Waals surface area (Å²) in [6.45, 7) is 1.00. The molecule has 1 aromatic rings. The fourth-order valence-corrected chi connectivity index (χ4v) is 1.17. The lowest BCUT2D eigenvalue weighted by molar-refractivity contribution is 0.792. The van der Waals surface area contributed by atoms with Crippen LogP contribution in [0.1, 0.15) is 5.56 Å². The number of nitrogens with one attached hydrogen (secondary N) is 1. The van der Waals surface area contributed by atoms with E-state index in [-0.39, 0.29) is 12.4 Å². The molecule has 0 aliphatic rings. The van der Waals surface area contributed by atoms with Gasteiger partial charge in [-0.15, -0.1) is 12.4 Å². The zero-order valence-electron chi connectivity index (χ0n) is 7.01. The normalized spacial score (nSPS) is 9.17. The van der Waals surface area contributed by atoms with Crippen LogP contribution >= 0.6 is 24.0 Å². The predicted octanol–water partition coefficient (Wildman–Crippen LogP) is 2.52. The maximum Gasteiger partial charge on any atom is 0.0408 e. The highest BCUT2D eigenvalue weighted by Gasteiger charge is 1.91. The van der Waals surface area contributed by atoms with Crippen molar-refractivity contribution in [3.05, 3.63) is 34.9 Å². The van der Waals surface area contributed by atoms with Crippen LogP contribution < -0.4 is 5.32 Å². The second kappa shape index (κ2) is 6.30. The van der Waals surface area contributed by atoms with E-state index in [0.717, 1.165) is 18.0 Å². The van der Waals surface area contributed by atoms with E-state index in [2.05, 4.69) is 11.4 Å². The van der Waals surface area contributed by atoms with E-state index in [1.54, 1.807) is 0 Å². The first-order valence-corrected chi connectivity index (χ1v) is 4.10. The van der Waals surface area contributed by atoms with Crippen LogP contribution in [0.4, 0.5) is 0 Å². The van der Waals surface area contributed by atoms with Crippen molar-refractivity contribution >= 4 is 24.0 Å². The molecule has 0 amide bonds. The number of likely N-dealkylation sites (N-methyl/N-ethyl adjacent to an activating group) is 1. The second-order valence-electron chi connectivity index (χ2n) is 2.48. The van der Waals surface area contributed by atoms with Crippen molar-refractivity contribution in [1.82, 2.24) is 5.32 Å². The molecule has 0 heterocycles. The number of benzene rings is 1. The monoisotopic (exact) mass is 205 g/mol. The third-order valence-electron chi connectivity index (χ3n) is 1.55. The highest BCUT2D eigenvalue weighted by molar-refractivity contribution is 6.30. The van der Waals surface area contributed by atoms with Gasteiger partial charge in [0.25, 0.3) is 0 Å². The van der Waals surface area contributed by atoms with Crippen LogP contribution in [0.15, 0.2) is 24.3 Å². The summed E-state index contributed by atoms with van der Waals surface area (Å²) in [7, 11) is 1.95. The summed E-state index contributed by atoms with van der Waals surface area (Å²) in [6, 6.07) is 7.96. The topological polar surface area (TPSA) is 12.0 Å². The lowest BCUT2D eigenvalue weighted by atomic mass is 10.1. The van der Waals surface area contributed by atoms with Crippen LogP contribution in [0, 0.1) is 0 Å². The molecule has 0 radical (unpaired) electrons. The van der Waals surface area contributed by atoms with Gasteiger partial charge in [-0.1, -0.05) is 23.7 Å². The molecule has 1 N–H and O–H groups in total. The van der Waals surface area contributed by atoms with Crippen LogP contribution in [-0.2, 0) is 6.42 Å². The van der Waals surface area contributed by atoms with Crippen molar-refractivity contribution < 1.29 is 0 Å². The third-order valence-corrected chi connectivity index (χ3v) is 1.79. The van der Waals surface area contributed by atoms with Crippen molar-refractivity contribution in [3.8, 4) is 0 Å². The quantitative estimate of drug-likeness (QED) is 0.801. The molecule has 0 bridgehead atoms. The Bertz CT molecular complexity index is 226. The van der Waals surface area contributed by atoms with Crippen molar-refractivity contribution in [1.29, 1.82) is 0 Å². The maximum absolute atomic E-state index is 5.80. The average Bonchev–Trinajstić information content (AvgIpc) is 2.01. The Labute approximate surface area is 84.5 Å². The van der Waals surface area contributed by atoms with Gasteiger partial charge in [0.15, 0.2) is 0 Å². The lowest BCUT2D eigenvalue weighted by Gasteiger charge is -1.99. The maximum atomic E-state index is 5.80. The molecule has 1 rings (SSSR count). The zero-order valence-corrected chi connectivity index (χ0v) is 8.58. The highest BCUT2D eigenvalue weighted by Crippen LogP contribution is 2.10. The fourth-order valence-electron chi connectivity index (χ4n) is 0.962. The largest absolute Gasteiger partial charge is 0.319 e. The van der Waals surface area contributed by atoms with Gasteiger partial charge in [-0.05, 0) is 37.7 Å². The first kappa shape index (κ1) is 11.8. The van der Waals surface area contributed by atoms with Crippen molar-refractivity contribution in [2.45, 2.75) is 6.42 Å². The smallest absolute Gasteiger partial charge is 0.0408 e. The van der Waals surface area contributed by atoms with Crippen LogP contribution in [0.25, 0.3) is 0 Å². The number of hydrogen-bond acceptors (Lipinski definition) is 1. The molecule has 0 spiro atoms. The van der Waals surface area contributed by atoms with E-state index < -0.39 is 0 Å². The Kier molecular flexibility index (Phi) is 6.17. The molecule has 12 heavy (non-hydrogen) atoms. The van der Waals surface area contributed by atoms with Gasteiger partial charge < -0.3 is 5.32 Å². The van der Waals surface area contributed by atoms with Crippen molar-refractivity contribution in [2.75, 3.05) is 13.6 Å². The number of rotatable bonds is 3. The molecular weight excluding hydrogens is 193 g/mol. The van der Waals surface area contributed by atoms with E-state index in [9.17, 15) is 0 Å². The summed E-state index contributed by atoms with van der Waals surface area (Å²) in [5.41, 5.74) is 1.28. The molecule has 0 fully saturated rings. The van der Waals surface area contributed by atoms with Gasteiger partial charge in [0.2, 0.25) is 0 Å². The minimum Gasteiger partial charge on any atom is -0.319 e. The number of halogens is 2. The number of hydrogen-bond donors (Lipinski definition) is 1. The SMILES string of the molecule is CNCCc1cccc(Cl)c1.Cl. The molecule has 1 nitrogen and oxygen atoms in total. The van der Waals surface area contributed by atoms with Gasteiger partial charge in [0.05, 0.1) is 0 Å². The Morgan fingerprint density at radius 1 is 1.42 bits per heavy atom. The lowest BCUT2D eigenvalue weighted by Crippen LogP contribution is -2.10. The summed E-state index contributed by atoms with van der Waals surface area (Å²) in [6.07, 6.45) is 1.04. The summed E-state index contributed by atoms with van der Waals surface area (Å²) >= 11 is 5.80. The molecule has 0 atom stereocenters. The minimum atomic E-state index is 0. The zero-order chi connectivity index (χ0) is 8.10. The average molecular weight is 206 g/mol. The van der Waals surface area contributed by atoms with E-state index in [1.807, 2.05) is 25.2 Å². The Hall–Kier alpha value is -0.240. The minimum absolute atomic E-state index is 0. The van der Waals surface area contributed by atoms with Gasteiger partial charge >= 0.3 is 0 Å². The third kappa shape index (κ3) is 3.96. The highest BCUT2D eigenvalue weighted by atomic mass is 35.5. The first-order valence-electron chi connectivity index (χ1n) is 3.72. The summed E-state index contributed by atoms with van der Waals surface area (Å²) in [5.74, 6) is 0. The summed E-state index contributed by atoms with van der Waals surface area (Å²) in [5, 5.41) is 3.91. The van der Waals surface area contributed by atoms with E-state index >= 15 is 0 Å². The standard InChI is InChI=1S/C9H12ClN.ClH/c1-11-6-5-8-3-2-4-9(10)7-8;/h2-4,7,11H,5-6H2,1H3;1H. The second-order valence-corrected chi connectivity index (χ2v) is 2.92. The first-order chi connectivity index (χ1) is 5.33. The molecule has 0 aliphatic heterocycles. The van der Waals surface area contributed by atoms with Gasteiger partial charge in [0.1, 0.15) is 0 Å². The molecule has 0 saturated heterocycles. The van der Waals surface area contributed by atoms with Crippen LogP contribution in [-0.4, -0.2) is 13.6 Å². The molecule has 0 aliphatic carbocycles. The molecular formula is C9H13Cl2N. The van der Waals surface area contributed by atoms with Gasteiger partial charge in [-0.2, -0.15) is 0 Å².